The molecule has 0 unspecified atom stereocenters. The number of nitrogens with one attached hydrogen (secondary N) is 3. The molecule has 1 saturated carbocycles. The van der Waals surface area contributed by atoms with Crippen molar-refractivity contribution in [3.63, 3.8) is 0 Å². The zero-order chi connectivity index (χ0) is 22.2. The van der Waals surface area contributed by atoms with Gasteiger partial charge in [0.1, 0.15) is 11.6 Å². The average Bonchev–Trinajstić information content (AvgIpc) is 2.76. The zero-order valence-electron chi connectivity index (χ0n) is 16.8. The van der Waals surface area contributed by atoms with E-state index in [0.29, 0.717) is 23.2 Å². The zero-order valence-corrected chi connectivity index (χ0v) is 18.3. The fourth-order valence-electron chi connectivity index (χ4n) is 3.44. The minimum Gasteiger partial charge on any atom is -0.484 e. The van der Waals surface area contributed by atoms with Gasteiger partial charge < -0.3 is 20.7 Å². The summed E-state index contributed by atoms with van der Waals surface area (Å²) in [6.07, 6.45) is 3.45. The van der Waals surface area contributed by atoms with Crippen molar-refractivity contribution in [1.29, 1.82) is 0 Å². The third kappa shape index (κ3) is 7.60. The Labute approximate surface area is 190 Å². The van der Waals surface area contributed by atoms with Crippen LogP contribution in [-0.4, -0.2) is 31.1 Å². The van der Waals surface area contributed by atoms with Crippen molar-refractivity contribution < 1.29 is 18.7 Å². The fourth-order valence-corrected chi connectivity index (χ4v) is 3.68. The van der Waals surface area contributed by atoms with Gasteiger partial charge in [-0.25, -0.2) is 9.18 Å². The normalized spacial score (nSPS) is 18.2. The van der Waals surface area contributed by atoms with E-state index in [1.54, 1.807) is 24.3 Å². The Morgan fingerprint density at radius 2 is 1.74 bits per heavy atom. The highest BCUT2D eigenvalue weighted by Gasteiger charge is 2.23. The van der Waals surface area contributed by atoms with Crippen molar-refractivity contribution in [3.8, 4) is 5.75 Å². The third-order valence-corrected chi connectivity index (χ3v) is 5.68. The highest BCUT2D eigenvalue weighted by atomic mass is 35.5. The Kier molecular flexibility index (Phi) is 8.37. The van der Waals surface area contributed by atoms with Gasteiger partial charge in [0.2, 0.25) is 0 Å². The summed E-state index contributed by atoms with van der Waals surface area (Å²) < 4.78 is 18.7. The number of benzene rings is 2. The van der Waals surface area contributed by atoms with Crippen LogP contribution in [0.1, 0.15) is 25.7 Å². The molecule has 0 bridgehead atoms. The molecule has 31 heavy (non-hydrogen) atoms. The van der Waals surface area contributed by atoms with Gasteiger partial charge in [-0.15, -0.1) is 0 Å². The molecule has 0 atom stereocenters. The molecule has 0 aromatic heterocycles. The molecule has 2 aromatic carbocycles. The minimum atomic E-state index is -0.589. The van der Waals surface area contributed by atoms with E-state index in [1.165, 1.54) is 12.1 Å². The number of hydrogen-bond donors (Lipinski definition) is 3. The minimum absolute atomic E-state index is 0.00510. The highest BCUT2D eigenvalue weighted by Crippen LogP contribution is 2.24. The van der Waals surface area contributed by atoms with Crippen LogP contribution < -0.4 is 20.7 Å². The Bertz CT molecular complexity index is 903. The molecule has 3 rings (SSSR count). The third-order valence-electron chi connectivity index (χ3n) is 5.13. The summed E-state index contributed by atoms with van der Waals surface area (Å²) in [4.78, 5) is 24.1. The molecule has 1 aliphatic rings. The number of carbonyl (C=O) groups excluding carboxylic acids is 2. The number of anilines is 1. The van der Waals surface area contributed by atoms with Crippen LogP contribution in [0.3, 0.4) is 0 Å². The first-order chi connectivity index (χ1) is 14.9. The number of rotatable bonds is 7. The maximum Gasteiger partial charge on any atom is 0.319 e. The van der Waals surface area contributed by atoms with Gasteiger partial charge in [-0.2, -0.15) is 0 Å². The topological polar surface area (TPSA) is 79.5 Å². The van der Waals surface area contributed by atoms with Crippen LogP contribution in [0.15, 0.2) is 42.5 Å². The Balaban J connectivity index is 1.31. The maximum absolute atomic E-state index is 13.4. The monoisotopic (exact) mass is 467 g/mol. The highest BCUT2D eigenvalue weighted by molar-refractivity contribution is 6.31. The maximum atomic E-state index is 13.4. The van der Waals surface area contributed by atoms with E-state index in [4.69, 9.17) is 27.9 Å². The van der Waals surface area contributed by atoms with Crippen molar-refractivity contribution in [1.82, 2.24) is 10.6 Å². The van der Waals surface area contributed by atoms with E-state index in [0.717, 1.165) is 31.7 Å². The van der Waals surface area contributed by atoms with Crippen molar-refractivity contribution in [3.05, 3.63) is 58.3 Å². The lowest BCUT2D eigenvalue weighted by molar-refractivity contribution is -0.124. The van der Waals surface area contributed by atoms with Crippen LogP contribution in [-0.2, 0) is 4.79 Å². The smallest absolute Gasteiger partial charge is 0.319 e. The van der Waals surface area contributed by atoms with Gasteiger partial charge in [-0.3, -0.25) is 4.79 Å². The molecule has 0 aliphatic heterocycles. The van der Waals surface area contributed by atoms with Gasteiger partial charge in [0.25, 0.3) is 5.91 Å². The Morgan fingerprint density at radius 3 is 2.42 bits per heavy atom. The van der Waals surface area contributed by atoms with E-state index in [2.05, 4.69) is 16.0 Å². The van der Waals surface area contributed by atoms with Gasteiger partial charge >= 0.3 is 6.03 Å². The van der Waals surface area contributed by atoms with E-state index in [1.807, 2.05) is 0 Å². The lowest BCUT2D eigenvalue weighted by Gasteiger charge is -2.29. The van der Waals surface area contributed by atoms with Gasteiger partial charge in [-0.1, -0.05) is 23.2 Å². The van der Waals surface area contributed by atoms with Crippen LogP contribution in [0.25, 0.3) is 0 Å². The summed E-state index contributed by atoms with van der Waals surface area (Å²) in [5.41, 5.74) is 0.678. The number of hydrogen-bond acceptors (Lipinski definition) is 3. The summed E-state index contributed by atoms with van der Waals surface area (Å²) in [5, 5.41) is 9.21. The summed E-state index contributed by atoms with van der Waals surface area (Å²) in [6.45, 7) is 0.388. The van der Waals surface area contributed by atoms with Crippen molar-refractivity contribution >= 4 is 40.8 Å². The van der Waals surface area contributed by atoms with Crippen LogP contribution >= 0.6 is 23.2 Å². The van der Waals surface area contributed by atoms with E-state index in [9.17, 15) is 14.0 Å². The summed E-state index contributed by atoms with van der Waals surface area (Å²) >= 11 is 11.5. The number of amides is 3. The van der Waals surface area contributed by atoms with Gasteiger partial charge in [-0.05, 0) is 68.0 Å². The van der Waals surface area contributed by atoms with Crippen molar-refractivity contribution in [2.45, 2.75) is 31.7 Å². The lowest BCUT2D eigenvalue weighted by atomic mass is 9.86. The molecular weight excluding hydrogens is 444 g/mol. The quantitative estimate of drug-likeness (QED) is 0.535. The second-order valence-electron chi connectivity index (χ2n) is 7.49. The second-order valence-corrected chi connectivity index (χ2v) is 8.34. The predicted molar refractivity (Wildman–Crippen MR) is 119 cm³/mol. The summed E-state index contributed by atoms with van der Waals surface area (Å²) in [6, 6.07) is 10.8. The number of carbonyl (C=O) groups is 2. The lowest BCUT2D eigenvalue weighted by Crippen LogP contribution is -2.42. The summed E-state index contributed by atoms with van der Waals surface area (Å²) in [5.74, 6) is -0.228. The Hall–Kier alpha value is -2.51. The van der Waals surface area contributed by atoms with E-state index < -0.39 is 5.82 Å². The molecule has 166 valence electrons. The Morgan fingerprint density at radius 1 is 1.03 bits per heavy atom. The molecule has 9 heteroatoms. The van der Waals surface area contributed by atoms with Crippen molar-refractivity contribution in [2.75, 3.05) is 18.5 Å². The molecule has 1 fully saturated rings. The van der Waals surface area contributed by atoms with Crippen LogP contribution in [0.4, 0.5) is 14.9 Å². The summed E-state index contributed by atoms with van der Waals surface area (Å²) in [7, 11) is 0. The fraction of sp³-hybridized carbons (Fsp3) is 0.364. The average molecular weight is 468 g/mol. The van der Waals surface area contributed by atoms with Crippen molar-refractivity contribution in [2.24, 2.45) is 5.92 Å². The molecule has 6 nitrogen and oxygen atoms in total. The molecule has 0 saturated heterocycles. The molecule has 0 radical (unpaired) electrons. The molecule has 0 spiro atoms. The van der Waals surface area contributed by atoms with Crippen LogP contribution in [0, 0.1) is 11.7 Å². The first kappa shape index (κ1) is 23.2. The second kappa shape index (κ2) is 11.2. The SMILES string of the molecule is O=C(NC[C@H]1CC[C@H](NC(=O)COc2ccc(Cl)c(F)c2)CC1)Nc1ccc(Cl)cc1. The molecule has 1 aliphatic carbocycles. The van der Waals surface area contributed by atoms with Crippen LogP contribution in [0.2, 0.25) is 10.0 Å². The molecule has 2 aromatic rings. The standard InChI is InChI=1S/C22H24Cl2FN3O3/c23-15-3-7-17(8-4-15)28-22(30)26-12-14-1-5-16(6-2-14)27-21(29)13-31-18-9-10-19(24)20(25)11-18/h3-4,7-11,14,16H,1-2,5-6,12-13H2,(H,27,29)(H2,26,28,30)/t14-,16-. The number of halogens is 3. The predicted octanol–water partition coefficient (Wildman–Crippen LogP) is 5.01. The first-order valence-electron chi connectivity index (χ1n) is 10.1. The largest absolute Gasteiger partial charge is 0.484 e. The van der Waals surface area contributed by atoms with Crippen LogP contribution in [0.5, 0.6) is 5.75 Å². The number of urea groups is 1. The first-order valence-corrected chi connectivity index (χ1v) is 10.8. The molecule has 3 N–H and O–H groups in total. The molecule has 3 amide bonds. The molecular formula is C22H24Cl2FN3O3. The van der Waals surface area contributed by atoms with Gasteiger partial charge in [0.15, 0.2) is 6.61 Å². The van der Waals surface area contributed by atoms with E-state index >= 15 is 0 Å². The van der Waals surface area contributed by atoms with Gasteiger partial charge in [0, 0.05) is 29.4 Å². The molecule has 0 heterocycles. The van der Waals surface area contributed by atoms with E-state index in [-0.39, 0.29) is 35.4 Å². The van der Waals surface area contributed by atoms with Gasteiger partial charge in [0.05, 0.1) is 5.02 Å². The number of ether oxygens (including phenoxy) is 1.